The first-order chi connectivity index (χ1) is 14.4. The number of halogens is 2. The van der Waals surface area contributed by atoms with Gasteiger partial charge < -0.3 is 9.72 Å². The Morgan fingerprint density at radius 1 is 1.10 bits per heavy atom. The standard InChI is InChI=1S/C23H25ClFNO4/c24-19-10-9-18(13-20(19)25)30-14-17(27)12-16-6-4-15(5-7-16)8-11-22(28)21-2-1-3-23(29)26-21/h1-3,9-10,13,15-16H,4-8,11-12,14H2,(H,26,29). The number of aromatic amines is 1. The van der Waals surface area contributed by atoms with Gasteiger partial charge in [-0.05, 0) is 49.3 Å². The highest BCUT2D eigenvalue weighted by Gasteiger charge is 2.24. The first kappa shape index (κ1) is 22.2. The fourth-order valence-corrected chi connectivity index (χ4v) is 4.03. The fraction of sp³-hybridized carbons (Fsp3) is 0.435. The van der Waals surface area contributed by atoms with Crippen LogP contribution in [0.3, 0.4) is 0 Å². The Kier molecular flexibility index (Phi) is 7.80. The third kappa shape index (κ3) is 6.52. The van der Waals surface area contributed by atoms with Crippen molar-refractivity contribution >= 4 is 23.2 Å². The van der Waals surface area contributed by atoms with Gasteiger partial charge in [0.1, 0.15) is 18.2 Å². The van der Waals surface area contributed by atoms with Crippen LogP contribution in [-0.4, -0.2) is 23.2 Å². The minimum absolute atomic E-state index is 0.00276. The van der Waals surface area contributed by atoms with E-state index < -0.39 is 5.82 Å². The highest BCUT2D eigenvalue weighted by Crippen LogP contribution is 2.33. The highest BCUT2D eigenvalue weighted by atomic mass is 35.5. The van der Waals surface area contributed by atoms with Crippen molar-refractivity contribution in [3.8, 4) is 5.75 Å². The van der Waals surface area contributed by atoms with Crippen LogP contribution in [0.1, 0.15) is 55.4 Å². The van der Waals surface area contributed by atoms with E-state index in [2.05, 4.69) is 4.98 Å². The molecule has 1 aromatic heterocycles. The zero-order chi connectivity index (χ0) is 21.5. The summed E-state index contributed by atoms with van der Waals surface area (Å²) >= 11 is 5.63. The predicted molar refractivity (Wildman–Crippen MR) is 113 cm³/mol. The van der Waals surface area contributed by atoms with Crippen molar-refractivity contribution in [3.63, 3.8) is 0 Å². The second-order valence-electron chi connectivity index (χ2n) is 7.88. The smallest absolute Gasteiger partial charge is 0.248 e. The number of carbonyl (C=O) groups excluding carboxylic acids is 2. The molecule has 0 aliphatic heterocycles. The van der Waals surface area contributed by atoms with Crippen LogP contribution >= 0.6 is 11.6 Å². The van der Waals surface area contributed by atoms with Crippen LogP contribution in [0.5, 0.6) is 5.75 Å². The number of ether oxygens (including phenoxy) is 1. The van der Waals surface area contributed by atoms with Crippen LogP contribution in [-0.2, 0) is 4.79 Å². The van der Waals surface area contributed by atoms with Crippen LogP contribution in [0.15, 0.2) is 41.2 Å². The van der Waals surface area contributed by atoms with Crippen LogP contribution < -0.4 is 10.3 Å². The SMILES string of the molecule is O=C(COc1ccc(Cl)c(F)c1)CC1CCC(CCC(=O)c2cccc(=O)[nH]2)CC1. The molecule has 7 heteroatoms. The van der Waals surface area contributed by atoms with E-state index >= 15 is 0 Å². The molecule has 0 amide bonds. The number of carbonyl (C=O) groups is 2. The van der Waals surface area contributed by atoms with Gasteiger partial charge in [0.2, 0.25) is 5.56 Å². The molecule has 1 aromatic carbocycles. The van der Waals surface area contributed by atoms with Gasteiger partial charge >= 0.3 is 0 Å². The maximum absolute atomic E-state index is 13.4. The minimum Gasteiger partial charge on any atom is -0.486 e. The summed E-state index contributed by atoms with van der Waals surface area (Å²) in [5.74, 6) is 0.456. The first-order valence-electron chi connectivity index (χ1n) is 10.2. The average molecular weight is 434 g/mol. The minimum atomic E-state index is -0.572. The number of rotatable bonds is 9. The van der Waals surface area contributed by atoms with E-state index in [1.807, 2.05) is 0 Å². The zero-order valence-electron chi connectivity index (χ0n) is 16.7. The van der Waals surface area contributed by atoms with E-state index in [1.54, 1.807) is 12.1 Å². The number of hydrogen-bond acceptors (Lipinski definition) is 4. The van der Waals surface area contributed by atoms with Gasteiger partial charge in [-0.25, -0.2) is 4.39 Å². The number of pyridine rings is 1. The molecule has 30 heavy (non-hydrogen) atoms. The molecule has 0 radical (unpaired) electrons. The largest absolute Gasteiger partial charge is 0.486 e. The summed E-state index contributed by atoms with van der Waals surface area (Å²) in [6, 6.07) is 8.72. The molecular weight excluding hydrogens is 409 g/mol. The molecule has 5 nitrogen and oxygen atoms in total. The third-order valence-electron chi connectivity index (χ3n) is 5.62. The van der Waals surface area contributed by atoms with Crippen molar-refractivity contribution in [2.24, 2.45) is 11.8 Å². The Labute approximate surface area is 179 Å². The summed E-state index contributed by atoms with van der Waals surface area (Å²) in [6.07, 6.45) is 5.53. The van der Waals surface area contributed by atoms with Crippen molar-refractivity contribution in [2.75, 3.05) is 6.61 Å². The number of hydrogen-bond donors (Lipinski definition) is 1. The Hall–Kier alpha value is -2.47. The number of H-pyrrole nitrogens is 1. The number of aromatic nitrogens is 1. The van der Waals surface area contributed by atoms with Crippen molar-refractivity contribution in [1.82, 2.24) is 4.98 Å². The average Bonchev–Trinajstić information content (AvgIpc) is 2.74. The Morgan fingerprint density at radius 3 is 2.53 bits per heavy atom. The Balaban J connectivity index is 1.35. The fourth-order valence-electron chi connectivity index (χ4n) is 3.92. The van der Waals surface area contributed by atoms with E-state index in [0.717, 1.165) is 32.1 Å². The summed E-state index contributed by atoms with van der Waals surface area (Å²) in [5, 5.41) is 0.0178. The molecule has 1 N–H and O–H groups in total. The molecule has 0 unspecified atom stereocenters. The topological polar surface area (TPSA) is 76.2 Å². The Morgan fingerprint density at radius 2 is 1.83 bits per heavy atom. The summed E-state index contributed by atoms with van der Waals surface area (Å²) in [5.41, 5.74) is 0.0959. The molecular formula is C23H25ClFNO4. The lowest BCUT2D eigenvalue weighted by atomic mass is 9.78. The molecule has 160 valence electrons. The maximum Gasteiger partial charge on any atom is 0.248 e. The molecule has 0 atom stereocenters. The van der Waals surface area contributed by atoms with E-state index in [4.69, 9.17) is 16.3 Å². The van der Waals surface area contributed by atoms with Crippen LogP contribution in [0.4, 0.5) is 4.39 Å². The van der Waals surface area contributed by atoms with Gasteiger partial charge in [0.05, 0.1) is 10.7 Å². The molecule has 0 saturated heterocycles. The van der Waals surface area contributed by atoms with E-state index in [1.165, 1.54) is 24.3 Å². The molecule has 1 aliphatic carbocycles. The summed E-state index contributed by atoms with van der Waals surface area (Å²) in [4.78, 5) is 38.3. The molecule has 1 heterocycles. The van der Waals surface area contributed by atoms with Crippen LogP contribution in [0, 0.1) is 17.7 Å². The molecule has 2 aromatic rings. The number of ketones is 2. The van der Waals surface area contributed by atoms with Crippen molar-refractivity contribution < 1.29 is 18.7 Å². The number of benzene rings is 1. The van der Waals surface area contributed by atoms with E-state index in [0.29, 0.717) is 36.1 Å². The van der Waals surface area contributed by atoms with Crippen LogP contribution in [0.25, 0.3) is 0 Å². The second kappa shape index (κ2) is 10.5. The van der Waals surface area contributed by atoms with Crippen molar-refractivity contribution in [1.29, 1.82) is 0 Å². The lowest BCUT2D eigenvalue weighted by molar-refractivity contribution is -0.122. The van der Waals surface area contributed by atoms with E-state index in [9.17, 15) is 18.8 Å². The first-order valence-corrected chi connectivity index (χ1v) is 10.6. The number of Topliss-reactive ketones (excluding diaryl/α,β-unsaturated/α-hetero) is 2. The monoisotopic (exact) mass is 433 g/mol. The molecule has 3 rings (SSSR count). The highest BCUT2D eigenvalue weighted by molar-refractivity contribution is 6.30. The quantitative estimate of drug-likeness (QED) is 0.566. The second-order valence-corrected chi connectivity index (χ2v) is 8.29. The van der Waals surface area contributed by atoms with Gasteiger partial charge in [-0.15, -0.1) is 0 Å². The van der Waals surface area contributed by atoms with Gasteiger partial charge in [-0.1, -0.05) is 30.5 Å². The predicted octanol–water partition coefficient (Wildman–Crippen LogP) is 4.97. The normalized spacial score (nSPS) is 18.7. The van der Waals surface area contributed by atoms with Gasteiger partial charge in [0.15, 0.2) is 11.6 Å². The van der Waals surface area contributed by atoms with Crippen molar-refractivity contribution in [2.45, 2.75) is 44.9 Å². The van der Waals surface area contributed by atoms with Gasteiger partial charge in [0.25, 0.3) is 0 Å². The number of nitrogens with one attached hydrogen (secondary N) is 1. The van der Waals surface area contributed by atoms with Gasteiger partial charge in [-0.2, -0.15) is 0 Å². The Bertz CT molecular complexity index is 950. The lowest BCUT2D eigenvalue weighted by Crippen LogP contribution is -2.21. The zero-order valence-corrected chi connectivity index (χ0v) is 17.4. The maximum atomic E-state index is 13.4. The van der Waals surface area contributed by atoms with E-state index in [-0.39, 0.29) is 28.8 Å². The summed E-state index contributed by atoms with van der Waals surface area (Å²) in [6.45, 7) is -0.0786. The molecule has 1 saturated carbocycles. The molecule has 0 spiro atoms. The third-order valence-corrected chi connectivity index (χ3v) is 5.93. The molecule has 1 fully saturated rings. The molecule has 0 bridgehead atoms. The summed E-state index contributed by atoms with van der Waals surface area (Å²) < 4.78 is 18.8. The van der Waals surface area contributed by atoms with Crippen molar-refractivity contribution in [3.05, 3.63) is 63.3 Å². The van der Waals surface area contributed by atoms with Gasteiger partial charge in [0, 0.05) is 25.0 Å². The van der Waals surface area contributed by atoms with Crippen LogP contribution in [0.2, 0.25) is 5.02 Å². The molecule has 1 aliphatic rings. The summed E-state index contributed by atoms with van der Waals surface area (Å²) in [7, 11) is 0. The van der Waals surface area contributed by atoms with Gasteiger partial charge in [-0.3, -0.25) is 14.4 Å². The lowest BCUT2D eigenvalue weighted by Gasteiger charge is -2.28.